The molecule has 2 unspecified atom stereocenters. The number of carbonyl (C=O) groups is 1. The van der Waals surface area contributed by atoms with Crippen LogP contribution in [0.5, 0.6) is 0 Å². The minimum Gasteiger partial charge on any atom is -0.396 e. The summed E-state index contributed by atoms with van der Waals surface area (Å²) in [6.07, 6.45) is 2.31. The number of hydrogen-bond acceptors (Lipinski definition) is 2. The molecule has 4 heteroatoms. The average molecular weight is 187 g/mol. The Balaban J connectivity index is 1.79. The molecule has 0 saturated heterocycles. The van der Waals surface area contributed by atoms with Crippen LogP contribution in [0.15, 0.2) is 0 Å². The molecule has 2 fully saturated rings. The van der Waals surface area contributed by atoms with Gasteiger partial charge in [-0.25, -0.2) is 4.39 Å². The highest BCUT2D eigenvalue weighted by molar-refractivity contribution is 5.86. The lowest BCUT2D eigenvalue weighted by Gasteiger charge is -2.32. The molecule has 13 heavy (non-hydrogen) atoms. The number of aliphatic hydroxyl groups excluding tert-OH is 1. The van der Waals surface area contributed by atoms with E-state index >= 15 is 0 Å². The number of nitrogens with one attached hydrogen (secondary N) is 1. The molecule has 2 aliphatic rings. The Hall–Kier alpha value is -0.640. The van der Waals surface area contributed by atoms with E-state index in [1.54, 1.807) is 0 Å². The Morgan fingerprint density at radius 1 is 1.62 bits per heavy atom. The minimum absolute atomic E-state index is 0.0192. The first kappa shape index (κ1) is 8.94. The first-order valence-corrected chi connectivity index (χ1v) is 4.76. The van der Waals surface area contributed by atoms with E-state index in [0.29, 0.717) is 12.8 Å². The molecule has 2 N–H and O–H groups in total. The molecule has 0 bridgehead atoms. The predicted molar refractivity (Wildman–Crippen MR) is 44.8 cm³/mol. The van der Waals surface area contributed by atoms with Gasteiger partial charge in [0.15, 0.2) is 5.67 Å². The maximum atomic E-state index is 13.4. The molecular formula is C9H14FNO2. The third-order valence-corrected chi connectivity index (χ3v) is 3.03. The second-order valence-corrected chi connectivity index (χ2v) is 4.08. The fourth-order valence-electron chi connectivity index (χ4n) is 1.64. The lowest BCUT2D eigenvalue weighted by molar-refractivity contribution is -0.138. The van der Waals surface area contributed by atoms with Gasteiger partial charge in [0.1, 0.15) is 0 Å². The van der Waals surface area contributed by atoms with E-state index in [9.17, 15) is 9.18 Å². The Labute approximate surface area is 76.3 Å². The normalized spacial score (nSPS) is 34.9. The van der Waals surface area contributed by atoms with E-state index in [1.165, 1.54) is 0 Å². The van der Waals surface area contributed by atoms with Crippen molar-refractivity contribution >= 4 is 5.91 Å². The Bertz CT molecular complexity index is 228. The third-order valence-electron chi connectivity index (χ3n) is 3.03. The zero-order valence-corrected chi connectivity index (χ0v) is 7.42. The fraction of sp³-hybridized carbons (Fsp3) is 0.889. The van der Waals surface area contributed by atoms with Gasteiger partial charge in [0, 0.05) is 18.6 Å². The molecule has 0 radical (unpaired) electrons. The van der Waals surface area contributed by atoms with Crippen LogP contribution in [0.3, 0.4) is 0 Å². The van der Waals surface area contributed by atoms with Crippen LogP contribution < -0.4 is 5.32 Å². The van der Waals surface area contributed by atoms with Crippen LogP contribution in [0.4, 0.5) is 4.39 Å². The molecule has 2 rings (SSSR count). The summed E-state index contributed by atoms with van der Waals surface area (Å²) >= 11 is 0. The minimum atomic E-state index is -1.59. The van der Waals surface area contributed by atoms with Gasteiger partial charge < -0.3 is 10.4 Å². The molecule has 3 nitrogen and oxygen atoms in total. The number of amides is 1. The van der Waals surface area contributed by atoms with Crippen LogP contribution in [0.25, 0.3) is 0 Å². The molecule has 2 aliphatic carbocycles. The Morgan fingerprint density at radius 3 is 2.69 bits per heavy atom. The highest BCUT2D eigenvalue weighted by Gasteiger charge is 2.48. The van der Waals surface area contributed by atoms with Crippen LogP contribution >= 0.6 is 0 Å². The molecule has 74 valence electrons. The van der Waals surface area contributed by atoms with Crippen molar-refractivity contribution in [2.24, 2.45) is 5.92 Å². The summed E-state index contributed by atoms with van der Waals surface area (Å²) in [4.78, 5) is 11.3. The topological polar surface area (TPSA) is 49.3 Å². The summed E-state index contributed by atoms with van der Waals surface area (Å²) in [5.74, 6) is -0.313. The molecule has 2 atom stereocenters. The van der Waals surface area contributed by atoms with Gasteiger partial charge in [-0.05, 0) is 25.7 Å². The van der Waals surface area contributed by atoms with E-state index in [1.807, 2.05) is 0 Å². The van der Waals surface area contributed by atoms with Gasteiger partial charge in [-0.3, -0.25) is 4.79 Å². The van der Waals surface area contributed by atoms with Crippen molar-refractivity contribution in [1.82, 2.24) is 5.32 Å². The highest BCUT2D eigenvalue weighted by Crippen LogP contribution is 2.37. The third kappa shape index (κ3) is 1.55. The van der Waals surface area contributed by atoms with Gasteiger partial charge in [-0.2, -0.15) is 0 Å². The molecule has 1 amide bonds. The van der Waals surface area contributed by atoms with Crippen molar-refractivity contribution in [3.63, 3.8) is 0 Å². The SMILES string of the molecule is O=C(NC1CC1CO)C1(F)CCC1. The summed E-state index contributed by atoms with van der Waals surface area (Å²) in [7, 11) is 0. The molecule has 0 aromatic rings. The first-order valence-electron chi connectivity index (χ1n) is 4.76. The molecule has 0 aromatic carbocycles. The number of rotatable bonds is 3. The van der Waals surface area contributed by atoms with Gasteiger partial charge in [0.2, 0.25) is 0 Å². The summed E-state index contributed by atoms with van der Waals surface area (Å²) in [6, 6.07) is 0.0192. The van der Waals surface area contributed by atoms with Crippen LogP contribution in [-0.2, 0) is 4.79 Å². The molecular weight excluding hydrogens is 173 g/mol. The van der Waals surface area contributed by atoms with Crippen LogP contribution in [-0.4, -0.2) is 29.3 Å². The second-order valence-electron chi connectivity index (χ2n) is 4.08. The molecule has 2 saturated carbocycles. The van der Waals surface area contributed by atoms with Crippen LogP contribution in [0.2, 0.25) is 0 Å². The van der Waals surface area contributed by atoms with Gasteiger partial charge >= 0.3 is 0 Å². The lowest BCUT2D eigenvalue weighted by Crippen LogP contribution is -2.49. The standard InChI is InChI=1S/C9H14FNO2/c10-9(2-1-3-9)8(13)11-7-4-6(7)5-12/h6-7,12H,1-5H2,(H,11,13). The van der Waals surface area contributed by atoms with Gasteiger partial charge in [0.25, 0.3) is 5.91 Å². The van der Waals surface area contributed by atoms with Crippen molar-refractivity contribution in [2.75, 3.05) is 6.61 Å². The van der Waals surface area contributed by atoms with Crippen LogP contribution in [0.1, 0.15) is 25.7 Å². The zero-order chi connectivity index (χ0) is 9.47. The van der Waals surface area contributed by atoms with E-state index in [0.717, 1.165) is 12.8 Å². The predicted octanol–water partition coefficient (Wildman–Crippen LogP) is 0.376. The zero-order valence-electron chi connectivity index (χ0n) is 7.42. The summed E-state index contributed by atoms with van der Waals surface area (Å²) < 4.78 is 13.4. The van der Waals surface area contributed by atoms with Crippen LogP contribution in [0, 0.1) is 5.92 Å². The largest absolute Gasteiger partial charge is 0.396 e. The molecule has 0 spiro atoms. The van der Waals surface area contributed by atoms with Crippen molar-refractivity contribution in [3.05, 3.63) is 0 Å². The van der Waals surface area contributed by atoms with Crippen molar-refractivity contribution in [1.29, 1.82) is 0 Å². The summed E-state index contributed by atoms with van der Waals surface area (Å²) in [5, 5.41) is 11.3. The second kappa shape index (κ2) is 2.94. The first-order chi connectivity index (χ1) is 6.15. The number of alkyl halides is 1. The van der Waals surface area contributed by atoms with Gasteiger partial charge in [-0.15, -0.1) is 0 Å². The van der Waals surface area contributed by atoms with E-state index < -0.39 is 11.6 Å². The smallest absolute Gasteiger partial charge is 0.257 e. The monoisotopic (exact) mass is 187 g/mol. The number of carbonyl (C=O) groups excluding carboxylic acids is 1. The average Bonchev–Trinajstić information content (AvgIpc) is 2.79. The quantitative estimate of drug-likeness (QED) is 0.671. The van der Waals surface area contributed by atoms with Crippen molar-refractivity contribution in [2.45, 2.75) is 37.4 Å². The van der Waals surface area contributed by atoms with Crippen molar-refractivity contribution in [3.8, 4) is 0 Å². The van der Waals surface area contributed by atoms with Crippen molar-refractivity contribution < 1.29 is 14.3 Å². The van der Waals surface area contributed by atoms with Gasteiger partial charge in [0.05, 0.1) is 0 Å². The van der Waals surface area contributed by atoms with E-state index in [4.69, 9.17) is 5.11 Å². The number of hydrogen-bond donors (Lipinski definition) is 2. The fourth-order valence-corrected chi connectivity index (χ4v) is 1.64. The number of aliphatic hydroxyl groups is 1. The highest BCUT2D eigenvalue weighted by atomic mass is 19.1. The summed E-state index contributed by atoms with van der Waals surface area (Å²) in [6.45, 7) is 0.0875. The molecule has 0 heterocycles. The summed E-state index contributed by atoms with van der Waals surface area (Å²) in [5.41, 5.74) is -1.59. The van der Waals surface area contributed by atoms with E-state index in [-0.39, 0.29) is 18.6 Å². The Morgan fingerprint density at radius 2 is 2.31 bits per heavy atom. The molecule has 0 aliphatic heterocycles. The maximum Gasteiger partial charge on any atom is 0.257 e. The number of halogens is 1. The lowest BCUT2D eigenvalue weighted by atomic mass is 9.81. The van der Waals surface area contributed by atoms with Gasteiger partial charge in [-0.1, -0.05) is 0 Å². The Kier molecular flexibility index (Phi) is 2.02. The molecule has 0 aromatic heterocycles. The van der Waals surface area contributed by atoms with E-state index in [2.05, 4.69) is 5.32 Å². The maximum absolute atomic E-state index is 13.4.